The van der Waals surface area contributed by atoms with Crippen LogP contribution in [0, 0.1) is 69.5 Å². The fraction of sp³-hybridized carbons (Fsp3) is 0.909. The molecule has 0 amide bonds. The van der Waals surface area contributed by atoms with Crippen LogP contribution >= 0.6 is 0 Å². The zero-order valence-corrected chi connectivity index (χ0v) is 26.5. The molecule has 0 spiro atoms. The van der Waals surface area contributed by atoms with Crippen LogP contribution in [-0.4, -0.2) is 17.3 Å². The average molecular weight is 505 g/mol. The van der Waals surface area contributed by atoms with E-state index in [0.29, 0.717) is 64.2 Å². The number of Topliss-reactive ketones (excluding diaryl/α,β-unsaturated/α-hetero) is 3. The standard InChI is InChI=1S/3C11H20O/c1-7-8(2)11(4,5)6-10(7)9(3)12;1-7-8(2)10(12)6-11(4,5)9(7)3;1-7-6-10(12)9(3)11(4,5)8(7)2/h7-8,10H,6H2,1-5H3;2*7-9H,6H2,1-5H3/t7-,8+,10-;7-,8?,9-;7-,8-,9?/m011/s1. The first-order chi connectivity index (χ1) is 16.1. The maximum absolute atomic E-state index is 11.6. The molecule has 210 valence electrons. The average Bonchev–Trinajstić information content (AvgIpc) is 2.98. The van der Waals surface area contributed by atoms with Crippen LogP contribution in [0.4, 0.5) is 0 Å². The Bertz CT molecular complexity index is 787. The number of hydrogen-bond acceptors (Lipinski definition) is 3. The maximum Gasteiger partial charge on any atom is 0.136 e. The van der Waals surface area contributed by atoms with E-state index in [1.165, 1.54) is 0 Å². The van der Waals surface area contributed by atoms with Gasteiger partial charge in [-0.1, -0.05) is 96.9 Å². The minimum Gasteiger partial charge on any atom is -0.300 e. The SMILES string of the molecule is CC(=O)[C@H]1CC(C)(C)[C@H](C)[C@@H]1C.CC1C(=O)CC(C)(C)[C@H](C)[C@@H]1C.CC1C(=O)C[C@@H](C)[C@@H](C)C1(C)C. The normalized spacial score (nSPS) is 40.9. The van der Waals surface area contributed by atoms with Gasteiger partial charge in [-0.15, -0.1) is 0 Å². The Morgan fingerprint density at radius 3 is 1.56 bits per heavy atom. The topological polar surface area (TPSA) is 51.2 Å². The van der Waals surface area contributed by atoms with Crippen LogP contribution < -0.4 is 0 Å². The molecule has 9 atom stereocenters. The Hall–Kier alpha value is -0.990. The molecule has 3 nitrogen and oxygen atoms in total. The third-order valence-corrected chi connectivity index (χ3v) is 12.0. The van der Waals surface area contributed by atoms with E-state index < -0.39 is 0 Å². The minimum atomic E-state index is 0.189. The summed E-state index contributed by atoms with van der Waals surface area (Å²) in [5.41, 5.74) is 0.757. The molecule has 3 saturated carbocycles. The van der Waals surface area contributed by atoms with Crippen LogP contribution in [0.2, 0.25) is 0 Å². The molecule has 0 N–H and O–H groups in total. The zero-order valence-electron chi connectivity index (χ0n) is 26.5. The molecule has 0 aromatic carbocycles. The van der Waals surface area contributed by atoms with Crippen LogP contribution in [0.15, 0.2) is 0 Å². The summed E-state index contributed by atoms with van der Waals surface area (Å²) in [5.74, 6) is 5.76. The fourth-order valence-electron chi connectivity index (χ4n) is 6.94. The van der Waals surface area contributed by atoms with Gasteiger partial charge in [0.15, 0.2) is 0 Å². The van der Waals surface area contributed by atoms with Gasteiger partial charge >= 0.3 is 0 Å². The summed E-state index contributed by atoms with van der Waals surface area (Å²) in [6, 6.07) is 0. The lowest BCUT2D eigenvalue weighted by Gasteiger charge is -2.44. The molecule has 3 rings (SSSR count). The lowest BCUT2D eigenvalue weighted by atomic mass is 9.59. The second-order valence-corrected chi connectivity index (χ2v) is 15.1. The van der Waals surface area contributed by atoms with Crippen molar-refractivity contribution in [2.45, 2.75) is 123 Å². The Morgan fingerprint density at radius 2 is 1.17 bits per heavy atom. The number of ketones is 3. The van der Waals surface area contributed by atoms with Crippen LogP contribution in [0.5, 0.6) is 0 Å². The van der Waals surface area contributed by atoms with Gasteiger partial charge < -0.3 is 0 Å². The van der Waals surface area contributed by atoms with Crippen molar-refractivity contribution in [3.63, 3.8) is 0 Å². The molecule has 0 radical (unpaired) electrons. The van der Waals surface area contributed by atoms with E-state index in [-0.39, 0.29) is 22.7 Å². The van der Waals surface area contributed by atoms with Crippen molar-refractivity contribution in [1.82, 2.24) is 0 Å². The highest BCUT2D eigenvalue weighted by Crippen LogP contribution is 2.50. The minimum absolute atomic E-state index is 0.189. The third-order valence-electron chi connectivity index (χ3n) is 12.0. The van der Waals surface area contributed by atoms with Crippen molar-refractivity contribution in [3.8, 4) is 0 Å². The predicted molar refractivity (Wildman–Crippen MR) is 153 cm³/mol. The second-order valence-electron chi connectivity index (χ2n) is 15.1. The Balaban J connectivity index is 0.000000270. The summed E-state index contributed by atoms with van der Waals surface area (Å²) in [6.45, 7) is 32.7. The summed E-state index contributed by atoms with van der Waals surface area (Å²) in [5, 5.41) is 0. The fourth-order valence-corrected chi connectivity index (χ4v) is 6.94. The van der Waals surface area contributed by atoms with Crippen LogP contribution in [-0.2, 0) is 14.4 Å². The van der Waals surface area contributed by atoms with Gasteiger partial charge in [0.25, 0.3) is 0 Å². The van der Waals surface area contributed by atoms with E-state index in [2.05, 4.69) is 96.9 Å². The lowest BCUT2D eigenvalue weighted by Crippen LogP contribution is -2.43. The second kappa shape index (κ2) is 11.8. The molecule has 0 aromatic rings. The van der Waals surface area contributed by atoms with E-state index in [9.17, 15) is 14.4 Å². The van der Waals surface area contributed by atoms with Crippen molar-refractivity contribution < 1.29 is 14.4 Å². The number of rotatable bonds is 1. The molecule has 0 saturated heterocycles. The van der Waals surface area contributed by atoms with E-state index in [1.54, 1.807) is 6.92 Å². The zero-order chi connectivity index (χ0) is 28.5. The molecule has 3 heteroatoms. The highest BCUT2D eigenvalue weighted by Gasteiger charge is 2.45. The van der Waals surface area contributed by atoms with Gasteiger partial charge in [-0.3, -0.25) is 14.4 Å². The smallest absolute Gasteiger partial charge is 0.136 e. The predicted octanol–water partition coefficient (Wildman–Crippen LogP) is 8.68. The lowest BCUT2D eigenvalue weighted by molar-refractivity contribution is -0.134. The van der Waals surface area contributed by atoms with Crippen molar-refractivity contribution >= 4 is 17.3 Å². The van der Waals surface area contributed by atoms with Crippen LogP contribution in [0.1, 0.15) is 123 Å². The molecular formula is C33H60O3. The van der Waals surface area contributed by atoms with E-state index in [0.717, 1.165) is 19.3 Å². The molecule has 3 fully saturated rings. The largest absolute Gasteiger partial charge is 0.300 e. The summed E-state index contributed by atoms with van der Waals surface area (Å²) in [6.07, 6.45) is 2.62. The first kappa shape index (κ1) is 33.0. The van der Waals surface area contributed by atoms with E-state index >= 15 is 0 Å². The van der Waals surface area contributed by atoms with Gasteiger partial charge in [0.2, 0.25) is 0 Å². The van der Waals surface area contributed by atoms with Crippen molar-refractivity contribution in [1.29, 1.82) is 0 Å². The first-order valence-electron chi connectivity index (χ1n) is 14.6. The van der Waals surface area contributed by atoms with E-state index in [4.69, 9.17) is 0 Å². The highest BCUT2D eigenvalue weighted by atomic mass is 16.1. The van der Waals surface area contributed by atoms with Crippen molar-refractivity contribution in [2.24, 2.45) is 69.5 Å². The van der Waals surface area contributed by atoms with Gasteiger partial charge in [0.1, 0.15) is 17.3 Å². The summed E-state index contributed by atoms with van der Waals surface area (Å²) in [7, 11) is 0. The summed E-state index contributed by atoms with van der Waals surface area (Å²) in [4.78, 5) is 34.4. The van der Waals surface area contributed by atoms with Gasteiger partial charge in [0.05, 0.1) is 0 Å². The maximum atomic E-state index is 11.6. The van der Waals surface area contributed by atoms with Gasteiger partial charge in [-0.05, 0) is 65.1 Å². The summed E-state index contributed by atoms with van der Waals surface area (Å²) >= 11 is 0. The van der Waals surface area contributed by atoms with Crippen LogP contribution in [0.3, 0.4) is 0 Å². The van der Waals surface area contributed by atoms with Gasteiger partial charge in [-0.25, -0.2) is 0 Å². The van der Waals surface area contributed by atoms with Gasteiger partial charge in [-0.2, -0.15) is 0 Å². The molecule has 3 aliphatic rings. The Kier molecular flexibility index (Phi) is 10.8. The molecule has 0 aromatic heterocycles. The van der Waals surface area contributed by atoms with Crippen molar-refractivity contribution in [2.75, 3.05) is 0 Å². The Morgan fingerprint density at radius 1 is 0.694 bits per heavy atom. The number of carbonyl (C=O) groups excluding carboxylic acids is 3. The summed E-state index contributed by atoms with van der Waals surface area (Å²) < 4.78 is 0. The Labute approximate surface area is 224 Å². The van der Waals surface area contributed by atoms with Gasteiger partial charge in [0, 0.05) is 30.6 Å². The number of hydrogen-bond donors (Lipinski definition) is 0. The van der Waals surface area contributed by atoms with Crippen molar-refractivity contribution in [3.05, 3.63) is 0 Å². The third kappa shape index (κ3) is 7.10. The molecule has 36 heavy (non-hydrogen) atoms. The van der Waals surface area contributed by atoms with E-state index in [1.807, 2.05) is 0 Å². The molecule has 3 aliphatic carbocycles. The molecule has 2 unspecified atom stereocenters. The number of carbonyl (C=O) groups is 3. The molecule has 0 heterocycles. The highest BCUT2D eigenvalue weighted by molar-refractivity contribution is 5.83. The molecular weight excluding hydrogens is 444 g/mol. The monoisotopic (exact) mass is 504 g/mol. The quantitative estimate of drug-likeness (QED) is 0.359. The molecule has 0 bridgehead atoms. The van der Waals surface area contributed by atoms with Crippen LogP contribution in [0.25, 0.3) is 0 Å². The first-order valence-corrected chi connectivity index (χ1v) is 14.6. The molecule has 0 aliphatic heterocycles.